The summed E-state index contributed by atoms with van der Waals surface area (Å²) in [4.78, 5) is 29.6. The lowest BCUT2D eigenvalue weighted by Gasteiger charge is -2.22. The number of nitrogens with zero attached hydrogens (tertiary/aromatic N) is 4. The first-order chi connectivity index (χ1) is 13.3. The van der Waals surface area contributed by atoms with Crippen LogP contribution in [0.15, 0.2) is 30.3 Å². The molecule has 0 unspecified atom stereocenters. The lowest BCUT2D eigenvalue weighted by Crippen LogP contribution is -2.37. The Balaban J connectivity index is 1.71. The standard InChI is InChI=1S/C20H23N5O2S/c1-12-13(2)22-23-18-15(12)16(21)17(28-18)20(27)25(4)11-10-24(3)19(26)14-8-6-5-7-9-14/h5-9H,10-11,21H2,1-4H3. The number of thiophene rings is 1. The molecule has 0 saturated heterocycles. The molecule has 7 nitrogen and oxygen atoms in total. The van der Waals surface area contributed by atoms with Gasteiger partial charge in [0.25, 0.3) is 11.8 Å². The second-order valence-electron chi connectivity index (χ2n) is 6.75. The van der Waals surface area contributed by atoms with Gasteiger partial charge in [-0.05, 0) is 31.5 Å². The van der Waals surface area contributed by atoms with Crippen molar-refractivity contribution in [1.82, 2.24) is 20.0 Å². The summed E-state index contributed by atoms with van der Waals surface area (Å²) in [5, 5.41) is 9.07. The quantitative estimate of drug-likeness (QED) is 0.715. The maximum atomic E-state index is 12.9. The highest BCUT2D eigenvalue weighted by Gasteiger charge is 2.23. The van der Waals surface area contributed by atoms with Crippen LogP contribution in [0.3, 0.4) is 0 Å². The number of benzene rings is 1. The van der Waals surface area contributed by atoms with E-state index in [1.807, 2.05) is 32.0 Å². The molecule has 8 heteroatoms. The van der Waals surface area contributed by atoms with Crippen molar-refractivity contribution in [2.75, 3.05) is 32.9 Å². The summed E-state index contributed by atoms with van der Waals surface area (Å²) in [6, 6.07) is 9.07. The van der Waals surface area contributed by atoms with Crippen molar-refractivity contribution in [3.8, 4) is 0 Å². The zero-order chi connectivity index (χ0) is 20.4. The number of amides is 2. The fourth-order valence-electron chi connectivity index (χ4n) is 2.88. The number of aromatic nitrogens is 2. The molecule has 0 aliphatic carbocycles. The van der Waals surface area contributed by atoms with Crippen LogP contribution in [0, 0.1) is 13.8 Å². The van der Waals surface area contributed by atoms with Crippen molar-refractivity contribution >= 4 is 39.1 Å². The van der Waals surface area contributed by atoms with Crippen LogP contribution in [0.5, 0.6) is 0 Å². The number of carbonyl (C=O) groups is 2. The molecular weight excluding hydrogens is 374 g/mol. The molecular formula is C20H23N5O2S. The van der Waals surface area contributed by atoms with Gasteiger partial charge in [0.15, 0.2) is 0 Å². The number of hydrogen-bond acceptors (Lipinski definition) is 6. The summed E-state index contributed by atoms with van der Waals surface area (Å²) in [6.07, 6.45) is 0. The largest absolute Gasteiger partial charge is 0.397 e. The lowest BCUT2D eigenvalue weighted by molar-refractivity contribution is 0.0721. The summed E-state index contributed by atoms with van der Waals surface area (Å²) >= 11 is 1.25. The summed E-state index contributed by atoms with van der Waals surface area (Å²) in [6.45, 7) is 4.60. The van der Waals surface area contributed by atoms with Crippen molar-refractivity contribution in [1.29, 1.82) is 0 Å². The third kappa shape index (κ3) is 3.68. The van der Waals surface area contributed by atoms with Gasteiger partial charge in [0, 0.05) is 38.1 Å². The summed E-state index contributed by atoms with van der Waals surface area (Å²) in [5.74, 6) is -0.262. The van der Waals surface area contributed by atoms with Gasteiger partial charge in [0.2, 0.25) is 0 Å². The van der Waals surface area contributed by atoms with Gasteiger partial charge in [-0.3, -0.25) is 9.59 Å². The number of hydrogen-bond donors (Lipinski definition) is 1. The van der Waals surface area contributed by atoms with Gasteiger partial charge in [0.1, 0.15) is 9.71 Å². The van der Waals surface area contributed by atoms with E-state index >= 15 is 0 Å². The van der Waals surface area contributed by atoms with Crippen LogP contribution >= 0.6 is 11.3 Å². The SMILES string of the molecule is Cc1nnc2sc(C(=O)N(C)CCN(C)C(=O)c3ccccc3)c(N)c2c1C. The van der Waals surface area contributed by atoms with Crippen LogP contribution in [-0.4, -0.2) is 59.0 Å². The zero-order valence-electron chi connectivity index (χ0n) is 16.4. The van der Waals surface area contributed by atoms with Crippen LogP contribution in [0.1, 0.15) is 31.3 Å². The fraction of sp³-hybridized carbons (Fsp3) is 0.300. The fourth-order valence-corrected chi connectivity index (χ4v) is 3.97. The van der Waals surface area contributed by atoms with Crippen LogP contribution in [0.4, 0.5) is 5.69 Å². The van der Waals surface area contributed by atoms with Crippen molar-refractivity contribution < 1.29 is 9.59 Å². The van der Waals surface area contributed by atoms with Gasteiger partial charge < -0.3 is 15.5 Å². The Morgan fingerprint density at radius 3 is 2.25 bits per heavy atom. The highest BCUT2D eigenvalue weighted by atomic mass is 32.1. The van der Waals surface area contributed by atoms with E-state index in [4.69, 9.17) is 5.73 Å². The van der Waals surface area contributed by atoms with Crippen LogP contribution in [-0.2, 0) is 0 Å². The summed E-state index contributed by atoms with van der Waals surface area (Å²) in [7, 11) is 3.43. The molecule has 0 atom stereocenters. The zero-order valence-corrected chi connectivity index (χ0v) is 17.2. The number of anilines is 1. The maximum absolute atomic E-state index is 12.9. The van der Waals surface area contributed by atoms with Crippen molar-refractivity contribution in [2.45, 2.75) is 13.8 Å². The molecule has 3 rings (SSSR count). The molecule has 0 aliphatic heterocycles. The van der Waals surface area contributed by atoms with E-state index in [0.29, 0.717) is 34.0 Å². The van der Waals surface area contributed by atoms with E-state index in [9.17, 15) is 9.59 Å². The van der Waals surface area contributed by atoms with E-state index in [-0.39, 0.29) is 11.8 Å². The predicted octanol–water partition coefficient (Wildman–Crippen LogP) is 2.73. The molecule has 0 bridgehead atoms. The first kappa shape index (κ1) is 19.8. The van der Waals surface area contributed by atoms with Gasteiger partial charge in [-0.15, -0.1) is 16.4 Å². The van der Waals surface area contributed by atoms with Gasteiger partial charge in [-0.25, -0.2) is 0 Å². The van der Waals surface area contributed by atoms with E-state index in [0.717, 1.165) is 16.6 Å². The number of rotatable bonds is 5. The molecule has 1 aromatic carbocycles. The normalized spacial score (nSPS) is 10.9. The smallest absolute Gasteiger partial charge is 0.265 e. The molecule has 0 saturated carbocycles. The Hall–Kier alpha value is -3.00. The van der Waals surface area contributed by atoms with E-state index < -0.39 is 0 Å². The van der Waals surface area contributed by atoms with Gasteiger partial charge in [-0.1, -0.05) is 18.2 Å². The lowest BCUT2D eigenvalue weighted by atomic mass is 10.1. The maximum Gasteiger partial charge on any atom is 0.265 e. The van der Waals surface area contributed by atoms with Gasteiger partial charge >= 0.3 is 0 Å². The highest BCUT2D eigenvalue weighted by molar-refractivity contribution is 7.21. The summed E-state index contributed by atoms with van der Waals surface area (Å²) < 4.78 is 0. The minimum atomic E-state index is -0.182. The molecule has 0 spiro atoms. The average Bonchev–Trinajstić information content (AvgIpc) is 3.05. The first-order valence-corrected chi connectivity index (χ1v) is 9.70. The predicted molar refractivity (Wildman–Crippen MR) is 112 cm³/mol. The third-order valence-corrected chi connectivity index (χ3v) is 5.89. The van der Waals surface area contributed by atoms with Crippen molar-refractivity contribution in [2.24, 2.45) is 0 Å². The number of likely N-dealkylation sites (N-methyl/N-ethyl adjacent to an activating group) is 2. The monoisotopic (exact) mass is 397 g/mol. The minimum absolute atomic E-state index is 0.0794. The number of aryl methyl sites for hydroxylation is 2. The Labute approximate surface area is 167 Å². The number of nitrogens with two attached hydrogens (primary N) is 1. The van der Waals surface area contributed by atoms with Crippen molar-refractivity contribution in [3.63, 3.8) is 0 Å². The number of fused-ring (bicyclic) bond motifs is 1. The highest BCUT2D eigenvalue weighted by Crippen LogP contribution is 2.35. The molecule has 2 heterocycles. The van der Waals surface area contributed by atoms with Gasteiger partial charge in [-0.2, -0.15) is 5.10 Å². The molecule has 3 aromatic rings. The first-order valence-electron chi connectivity index (χ1n) is 8.89. The van der Waals surface area contributed by atoms with Gasteiger partial charge in [0.05, 0.1) is 11.4 Å². The molecule has 146 valence electrons. The Morgan fingerprint density at radius 2 is 1.61 bits per heavy atom. The topological polar surface area (TPSA) is 92.4 Å². The average molecular weight is 398 g/mol. The number of carbonyl (C=O) groups excluding carboxylic acids is 2. The van der Waals surface area contributed by atoms with Crippen molar-refractivity contribution in [3.05, 3.63) is 52.0 Å². The van der Waals surface area contributed by atoms with Crippen LogP contribution in [0.25, 0.3) is 10.2 Å². The van der Waals surface area contributed by atoms with E-state index in [1.54, 1.807) is 36.0 Å². The van der Waals surface area contributed by atoms with E-state index in [1.165, 1.54) is 11.3 Å². The summed E-state index contributed by atoms with van der Waals surface area (Å²) in [5.41, 5.74) is 9.06. The molecule has 28 heavy (non-hydrogen) atoms. The second-order valence-corrected chi connectivity index (χ2v) is 7.75. The molecule has 0 aliphatic rings. The molecule has 0 fully saturated rings. The Kier molecular flexibility index (Phi) is 5.60. The number of nitrogen functional groups attached to an aromatic ring is 1. The van der Waals surface area contributed by atoms with Crippen LogP contribution < -0.4 is 5.73 Å². The third-order valence-electron chi connectivity index (χ3n) is 4.81. The Bertz CT molecular complexity index is 1030. The minimum Gasteiger partial charge on any atom is -0.397 e. The molecule has 0 radical (unpaired) electrons. The molecule has 2 amide bonds. The Morgan fingerprint density at radius 1 is 1.00 bits per heavy atom. The molecule has 2 aromatic heterocycles. The molecule has 2 N–H and O–H groups in total. The van der Waals surface area contributed by atoms with Crippen LogP contribution in [0.2, 0.25) is 0 Å². The van der Waals surface area contributed by atoms with E-state index in [2.05, 4.69) is 10.2 Å². The second kappa shape index (κ2) is 7.93.